The summed E-state index contributed by atoms with van der Waals surface area (Å²) in [4.78, 5) is 52.5. The molecule has 2 aliphatic rings. The molecule has 0 unspecified atom stereocenters. The quantitative estimate of drug-likeness (QED) is 0.0439. The number of carbonyl (C=O) groups is 3. The zero-order chi connectivity index (χ0) is 28.8. The van der Waals surface area contributed by atoms with E-state index in [1.165, 1.54) is 28.4 Å². The summed E-state index contributed by atoms with van der Waals surface area (Å²) in [5.41, 5.74) is 16.8. The number of thiazole rings is 1. The maximum absolute atomic E-state index is 13.1. The number of aromatic nitrogens is 5. The minimum Gasteiger partial charge on any atom is -0.477 e. The number of aryl methyl sites for hydroxylation is 1. The SMILES string of the molecule is CCON=C(C(=O)N[C@@H]1C(=O)N2C(C(=O)O)=C(CSc3nnnn3CCCN=C(N)N)CS[C@@H]12)c1csc(N)n1. The number of rotatable bonds is 13. The minimum absolute atomic E-state index is 0.00126. The third-order valence-corrected chi connectivity index (χ3v) is 8.55. The smallest absolute Gasteiger partial charge is 0.352 e. The third-order valence-electron chi connectivity index (χ3n) is 5.50. The number of hydrogen-bond acceptors (Lipinski definition) is 14. The van der Waals surface area contributed by atoms with Gasteiger partial charge in [-0.15, -0.1) is 28.2 Å². The number of nitrogen functional groups attached to an aromatic ring is 1. The Morgan fingerprint density at radius 1 is 1.38 bits per heavy atom. The number of hydrogen-bond donors (Lipinski definition) is 5. The van der Waals surface area contributed by atoms with Gasteiger partial charge < -0.3 is 32.5 Å². The number of aliphatic carboxylic acids is 1. The summed E-state index contributed by atoms with van der Waals surface area (Å²) in [5.74, 6) is -1.92. The highest BCUT2D eigenvalue weighted by atomic mass is 32.2. The lowest BCUT2D eigenvalue weighted by Crippen LogP contribution is -2.71. The summed E-state index contributed by atoms with van der Waals surface area (Å²) in [7, 11) is 0. The molecule has 1 saturated heterocycles. The van der Waals surface area contributed by atoms with Crippen molar-refractivity contribution in [2.45, 2.75) is 36.5 Å². The van der Waals surface area contributed by atoms with E-state index in [0.29, 0.717) is 36.0 Å². The maximum atomic E-state index is 13.1. The van der Waals surface area contributed by atoms with Crippen molar-refractivity contribution in [3.63, 3.8) is 0 Å². The second kappa shape index (κ2) is 13.0. The number of carboxylic acids is 1. The van der Waals surface area contributed by atoms with Crippen LogP contribution in [0.3, 0.4) is 0 Å². The molecule has 214 valence electrons. The van der Waals surface area contributed by atoms with E-state index >= 15 is 0 Å². The van der Waals surface area contributed by atoms with Crippen molar-refractivity contribution in [3.8, 4) is 0 Å². The van der Waals surface area contributed by atoms with Gasteiger partial charge in [0.15, 0.2) is 16.8 Å². The fraction of sp³-hybridized carbons (Fsp3) is 0.450. The Balaban J connectivity index is 1.43. The lowest BCUT2D eigenvalue weighted by molar-refractivity contribution is -0.150. The molecule has 0 radical (unpaired) electrons. The van der Waals surface area contributed by atoms with Crippen LogP contribution >= 0.6 is 34.9 Å². The predicted molar refractivity (Wildman–Crippen MR) is 148 cm³/mol. The van der Waals surface area contributed by atoms with Crippen molar-refractivity contribution in [1.82, 2.24) is 35.4 Å². The topological polar surface area (TPSA) is 255 Å². The van der Waals surface area contributed by atoms with Crippen LogP contribution < -0.4 is 22.5 Å². The molecule has 4 rings (SSSR count). The Hall–Kier alpha value is -3.91. The standard InChI is InChI=1S/C20H26N12O5S3/c1-2-37-28-11(10-8-39-19(23)25-10)14(33)26-12-15(34)32-13(17(35)36)9(6-38-16(12)32)7-40-20-27-29-30-31(20)5-3-4-24-18(21)22/h8,12,16H,2-7H2,1H3,(H2,23,25)(H,26,33)(H,35,36)(H4,21,22,24)/t12-,16+/m1/s1. The second-order valence-electron chi connectivity index (χ2n) is 8.18. The molecule has 4 heterocycles. The van der Waals surface area contributed by atoms with Crippen molar-refractivity contribution in [1.29, 1.82) is 0 Å². The highest BCUT2D eigenvalue weighted by molar-refractivity contribution is 8.01. The fourth-order valence-electron chi connectivity index (χ4n) is 3.75. The van der Waals surface area contributed by atoms with Gasteiger partial charge in [-0.25, -0.2) is 14.5 Å². The number of nitrogens with two attached hydrogens (primary N) is 3. The molecule has 0 saturated carbocycles. The molecule has 40 heavy (non-hydrogen) atoms. The molecule has 2 amide bonds. The summed E-state index contributed by atoms with van der Waals surface area (Å²) < 4.78 is 1.57. The van der Waals surface area contributed by atoms with E-state index in [-0.39, 0.29) is 40.6 Å². The summed E-state index contributed by atoms with van der Waals surface area (Å²) in [6.45, 7) is 2.78. The summed E-state index contributed by atoms with van der Waals surface area (Å²) in [5, 5.41) is 29.7. The minimum atomic E-state index is -1.24. The molecule has 2 aliphatic heterocycles. The van der Waals surface area contributed by atoms with Gasteiger partial charge in [-0.2, -0.15) is 0 Å². The first-order chi connectivity index (χ1) is 19.2. The third kappa shape index (κ3) is 6.45. The van der Waals surface area contributed by atoms with Gasteiger partial charge in [0.25, 0.3) is 11.8 Å². The molecular formula is C20H26N12O5S3. The van der Waals surface area contributed by atoms with Crippen LogP contribution in [-0.4, -0.2) is 101 Å². The Morgan fingerprint density at radius 3 is 2.85 bits per heavy atom. The fourth-order valence-corrected chi connectivity index (χ4v) is 6.69. The molecule has 17 nitrogen and oxygen atoms in total. The van der Waals surface area contributed by atoms with Crippen LogP contribution in [0.4, 0.5) is 5.13 Å². The number of fused-ring (bicyclic) bond motifs is 1. The van der Waals surface area contributed by atoms with Crippen molar-refractivity contribution >= 4 is 69.4 Å². The van der Waals surface area contributed by atoms with Crippen LogP contribution in [0.25, 0.3) is 0 Å². The molecular weight excluding hydrogens is 585 g/mol. The van der Waals surface area contributed by atoms with E-state index in [2.05, 4.69) is 36.0 Å². The monoisotopic (exact) mass is 610 g/mol. The van der Waals surface area contributed by atoms with Crippen molar-refractivity contribution in [2.75, 3.05) is 30.4 Å². The lowest BCUT2D eigenvalue weighted by Gasteiger charge is -2.49. The predicted octanol–water partition coefficient (Wildman–Crippen LogP) is -1.35. The van der Waals surface area contributed by atoms with Crippen LogP contribution in [0.1, 0.15) is 19.0 Å². The average molecular weight is 611 g/mol. The summed E-state index contributed by atoms with van der Waals surface area (Å²) in [6.07, 6.45) is 0.597. The highest BCUT2D eigenvalue weighted by Crippen LogP contribution is 2.41. The summed E-state index contributed by atoms with van der Waals surface area (Å²) in [6, 6.07) is -0.957. The van der Waals surface area contributed by atoms with E-state index in [0.717, 1.165) is 11.3 Å². The molecule has 1 fully saturated rings. The van der Waals surface area contributed by atoms with E-state index < -0.39 is 29.2 Å². The highest BCUT2D eigenvalue weighted by Gasteiger charge is 2.54. The average Bonchev–Trinajstić information content (AvgIpc) is 3.56. The van der Waals surface area contributed by atoms with E-state index in [1.807, 2.05) is 0 Å². The van der Waals surface area contributed by atoms with Gasteiger partial charge >= 0.3 is 5.97 Å². The van der Waals surface area contributed by atoms with Gasteiger partial charge in [0, 0.05) is 30.0 Å². The molecule has 0 aliphatic carbocycles. The van der Waals surface area contributed by atoms with Gasteiger partial charge in [0.05, 0.1) is 0 Å². The number of thioether (sulfide) groups is 2. The molecule has 0 bridgehead atoms. The Bertz CT molecular complexity index is 1370. The lowest BCUT2D eigenvalue weighted by atomic mass is 10.0. The Labute approximate surface area is 239 Å². The number of tetrazole rings is 1. The van der Waals surface area contributed by atoms with Gasteiger partial charge in [0.2, 0.25) is 5.16 Å². The first-order valence-electron chi connectivity index (χ1n) is 11.8. The first-order valence-corrected chi connectivity index (χ1v) is 14.7. The summed E-state index contributed by atoms with van der Waals surface area (Å²) >= 11 is 3.72. The van der Waals surface area contributed by atoms with Gasteiger partial charge in [-0.3, -0.25) is 19.5 Å². The zero-order valence-corrected chi connectivity index (χ0v) is 23.5. The van der Waals surface area contributed by atoms with Gasteiger partial charge in [0.1, 0.15) is 29.4 Å². The van der Waals surface area contributed by atoms with Crippen LogP contribution in [-0.2, 0) is 25.8 Å². The number of nitrogens with zero attached hydrogens (tertiary/aromatic N) is 8. The number of guanidine groups is 1. The van der Waals surface area contributed by atoms with Crippen LogP contribution in [0.2, 0.25) is 0 Å². The van der Waals surface area contributed by atoms with Gasteiger partial charge in [-0.1, -0.05) is 16.9 Å². The Kier molecular flexibility index (Phi) is 9.42. The number of amides is 2. The number of carboxylic acid groups (broad SMARTS) is 1. The van der Waals surface area contributed by atoms with Gasteiger partial charge in [-0.05, 0) is 29.3 Å². The van der Waals surface area contributed by atoms with Crippen LogP contribution in [0, 0.1) is 0 Å². The molecule has 8 N–H and O–H groups in total. The molecule has 2 aromatic heterocycles. The van der Waals surface area contributed by atoms with Crippen LogP contribution in [0.15, 0.2) is 32.0 Å². The van der Waals surface area contributed by atoms with E-state index in [1.54, 1.807) is 17.0 Å². The normalized spacial score (nSPS) is 18.7. The number of oxime groups is 1. The number of carbonyl (C=O) groups excluding carboxylic acids is 2. The number of aliphatic imine (C=N–C) groups is 1. The number of anilines is 1. The molecule has 2 atom stereocenters. The van der Waals surface area contributed by atoms with E-state index in [9.17, 15) is 19.5 Å². The molecule has 0 spiro atoms. The Morgan fingerprint density at radius 2 is 2.17 bits per heavy atom. The van der Waals surface area contributed by atoms with E-state index in [4.69, 9.17) is 22.0 Å². The first kappa shape index (κ1) is 29.1. The maximum Gasteiger partial charge on any atom is 0.352 e. The number of β-lactam (4-membered cyclic amide) rings is 1. The molecule has 20 heteroatoms. The van der Waals surface area contributed by atoms with Crippen LogP contribution in [0.5, 0.6) is 0 Å². The van der Waals surface area contributed by atoms with Crippen molar-refractivity contribution < 1.29 is 24.3 Å². The van der Waals surface area contributed by atoms with Crippen molar-refractivity contribution in [2.24, 2.45) is 21.6 Å². The van der Waals surface area contributed by atoms with Crippen molar-refractivity contribution in [3.05, 3.63) is 22.3 Å². The molecule has 2 aromatic rings. The zero-order valence-electron chi connectivity index (χ0n) is 21.1. The molecule has 0 aromatic carbocycles. The largest absolute Gasteiger partial charge is 0.477 e. The number of nitrogens with one attached hydrogen (secondary N) is 1. The second-order valence-corrected chi connectivity index (χ2v) is 11.1.